The van der Waals surface area contributed by atoms with E-state index >= 15 is 0 Å². The van der Waals surface area contributed by atoms with E-state index in [1.165, 1.54) is 12.1 Å². The van der Waals surface area contributed by atoms with Crippen molar-refractivity contribution in [1.29, 1.82) is 0 Å². The number of hydrogen-bond acceptors (Lipinski definition) is 3. The van der Waals surface area contributed by atoms with Gasteiger partial charge in [0.1, 0.15) is 0 Å². The molecule has 0 radical (unpaired) electrons. The molecule has 2 amide bonds. The molecule has 0 aliphatic rings. The van der Waals surface area contributed by atoms with Crippen molar-refractivity contribution in [2.45, 2.75) is 6.92 Å². The summed E-state index contributed by atoms with van der Waals surface area (Å²) >= 11 is 8.95. The van der Waals surface area contributed by atoms with Crippen LogP contribution in [0.2, 0.25) is 5.22 Å². The van der Waals surface area contributed by atoms with E-state index in [-0.39, 0.29) is 23.4 Å². The fraction of sp³-hybridized carbons (Fsp3) is 0.143. The summed E-state index contributed by atoms with van der Waals surface area (Å²) in [5.41, 5.74) is 1.66. The predicted octanol–water partition coefficient (Wildman–Crippen LogP) is 3.37. The standard InChI is InChI=1S/C14H12BrClN2O3/c1-8-6-9(2-3-10(8)15)18-13(19)7-17-14(20)11-4-5-12(16)21-11/h2-6H,7H2,1H3,(H,17,20)(H,18,19). The maximum absolute atomic E-state index is 11.8. The molecule has 0 aliphatic heterocycles. The molecular weight excluding hydrogens is 360 g/mol. The fourth-order valence-corrected chi connectivity index (χ4v) is 2.00. The first-order valence-electron chi connectivity index (χ1n) is 6.05. The molecule has 110 valence electrons. The summed E-state index contributed by atoms with van der Waals surface area (Å²) in [6, 6.07) is 8.34. The van der Waals surface area contributed by atoms with Crippen LogP contribution in [0.4, 0.5) is 5.69 Å². The Kier molecular flexibility index (Phi) is 5.03. The minimum absolute atomic E-state index is 0.0623. The Labute approximate surface area is 134 Å². The van der Waals surface area contributed by atoms with Gasteiger partial charge in [0.05, 0.1) is 6.54 Å². The number of amides is 2. The summed E-state index contributed by atoms with van der Waals surface area (Å²) in [5.74, 6) is -0.765. The number of carbonyl (C=O) groups is 2. The molecule has 2 aromatic rings. The van der Waals surface area contributed by atoms with E-state index in [2.05, 4.69) is 26.6 Å². The van der Waals surface area contributed by atoms with Gasteiger partial charge in [-0.2, -0.15) is 0 Å². The Morgan fingerprint density at radius 2 is 2.05 bits per heavy atom. The lowest BCUT2D eigenvalue weighted by atomic mass is 10.2. The van der Waals surface area contributed by atoms with E-state index in [0.717, 1.165) is 10.0 Å². The van der Waals surface area contributed by atoms with Crippen molar-refractivity contribution in [1.82, 2.24) is 5.32 Å². The lowest BCUT2D eigenvalue weighted by Crippen LogP contribution is -2.32. The summed E-state index contributed by atoms with van der Waals surface area (Å²) in [6.07, 6.45) is 0. The highest BCUT2D eigenvalue weighted by atomic mass is 79.9. The normalized spacial score (nSPS) is 10.2. The Morgan fingerprint density at radius 1 is 1.29 bits per heavy atom. The second-order valence-corrected chi connectivity index (χ2v) is 5.53. The summed E-state index contributed by atoms with van der Waals surface area (Å²) in [6.45, 7) is 1.76. The molecule has 0 atom stereocenters. The Hall–Kier alpha value is -1.79. The minimum Gasteiger partial charge on any atom is -0.440 e. The van der Waals surface area contributed by atoms with Crippen LogP contribution < -0.4 is 10.6 Å². The number of aryl methyl sites for hydroxylation is 1. The summed E-state index contributed by atoms with van der Waals surface area (Å²) in [4.78, 5) is 23.4. The van der Waals surface area contributed by atoms with Gasteiger partial charge in [-0.15, -0.1) is 0 Å². The van der Waals surface area contributed by atoms with Crippen molar-refractivity contribution >= 4 is 45.0 Å². The largest absolute Gasteiger partial charge is 0.440 e. The molecule has 1 aromatic carbocycles. The molecule has 0 fully saturated rings. The van der Waals surface area contributed by atoms with Crippen molar-refractivity contribution in [3.05, 3.63) is 51.3 Å². The van der Waals surface area contributed by atoms with Crippen molar-refractivity contribution in [2.24, 2.45) is 0 Å². The van der Waals surface area contributed by atoms with Crippen LogP contribution in [0.15, 0.2) is 39.2 Å². The van der Waals surface area contributed by atoms with Crippen molar-refractivity contribution in [3.8, 4) is 0 Å². The maximum atomic E-state index is 11.8. The van der Waals surface area contributed by atoms with E-state index in [4.69, 9.17) is 16.0 Å². The molecule has 1 heterocycles. The third-order valence-corrected chi connectivity index (χ3v) is 3.74. The van der Waals surface area contributed by atoms with Gasteiger partial charge < -0.3 is 15.1 Å². The number of nitrogens with one attached hydrogen (secondary N) is 2. The lowest BCUT2D eigenvalue weighted by Gasteiger charge is -2.07. The van der Waals surface area contributed by atoms with E-state index in [0.29, 0.717) is 5.69 Å². The fourth-order valence-electron chi connectivity index (χ4n) is 1.61. The molecule has 5 nitrogen and oxygen atoms in total. The number of anilines is 1. The van der Waals surface area contributed by atoms with Crippen LogP contribution in [0.3, 0.4) is 0 Å². The molecule has 0 saturated carbocycles. The van der Waals surface area contributed by atoms with Gasteiger partial charge >= 0.3 is 0 Å². The average molecular weight is 372 g/mol. The third-order valence-electron chi connectivity index (χ3n) is 2.65. The second-order valence-electron chi connectivity index (χ2n) is 4.30. The van der Waals surface area contributed by atoms with Gasteiger partial charge in [0.2, 0.25) is 5.91 Å². The molecule has 0 bridgehead atoms. The quantitative estimate of drug-likeness (QED) is 0.865. The number of rotatable bonds is 4. The van der Waals surface area contributed by atoms with Gasteiger partial charge in [-0.25, -0.2) is 0 Å². The first-order valence-corrected chi connectivity index (χ1v) is 7.22. The topological polar surface area (TPSA) is 71.3 Å². The molecule has 7 heteroatoms. The van der Waals surface area contributed by atoms with Crippen LogP contribution in [0.5, 0.6) is 0 Å². The molecule has 0 spiro atoms. The smallest absolute Gasteiger partial charge is 0.287 e. The zero-order chi connectivity index (χ0) is 15.4. The molecule has 0 saturated heterocycles. The monoisotopic (exact) mass is 370 g/mol. The Morgan fingerprint density at radius 3 is 2.67 bits per heavy atom. The van der Waals surface area contributed by atoms with E-state index in [1.807, 2.05) is 19.1 Å². The molecule has 2 N–H and O–H groups in total. The Bertz CT molecular complexity index is 685. The van der Waals surface area contributed by atoms with Crippen LogP contribution in [0.25, 0.3) is 0 Å². The zero-order valence-corrected chi connectivity index (χ0v) is 13.4. The molecule has 0 unspecified atom stereocenters. The Balaban J connectivity index is 1.87. The molecular formula is C14H12BrClN2O3. The van der Waals surface area contributed by atoms with Crippen LogP contribution in [0, 0.1) is 6.92 Å². The second kappa shape index (κ2) is 6.78. The highest BCUT2D eigenvalue weighted by Crippen LogP contribution is 2.19. The average Bonchev–Trinajstić information content (AvgIpc) is 2.87. The van der Waals surface area contributed by atoms with Crippen LogP contribution >= 0.6 is 27.5 Å². The number of halogens is 2. The van der Waals surface area contributed by atoms with Gasteiger partial charge in [-0.05, 0) is 54.4 Å². The summed E-state index contributed by atoms with van der Waals surface area (Å²) in [7, 11) is 0. The third kappa shape index (κ3) is 4.34. The SMILES string of the molecule is Cc1cc(NC(=O)CNC(=O)c2ccc(Cl)o2)ccc1Br. The minimum atomic E-state index is -0.496. The number of furan rings is 1. The molecule has 21 heavy (non-hydrogen) atoms. The maximum Gasteiger partial charge on any atom is 0.287 e. The number of benzene rings is 1. The first kappa shape index (κ1) is 15.6. The van der Waals surface area contributed by atoms with Crippen LogP contribution in [0.1, 0.15) is 16.1 Å². The zero-order valence-electron chi connectivity index (χ0n) is 11.1. The number of hydrogen-bond donors (Lipinski definition) is 2. The summed E-state index contributed by atoms with van der Waals surface area (Å²) in [5, 5.41) is 5.26. The molecule has 2 rings (SSSR count). The van der Waals surface area contributed by atoms with Crippen molar-refractivity contribution in [2.75, 3.05) is 11.9 Å². The van der Waals surface area contributed by atoms with Gasteiger partial charge in [0.15, 0.2) is 11.0 Å². The highest BCUT2D eigenvalue weighted by Gasteiger charge is 2.12. The lowest BCUT2D eigenvalue weighted by molar-refractivity contribution is -0.115. The summed E-state index contributed by atoms with van der Waals surface area (Å²) < 4.78 is 5.90. The van der Waals surface area contributed by atoms with Crippen molar-refractivity contribution < 1.29 is 14.0 Å². The van der Waals surface area contributed by atoms with Crippen molar-refractivity contribution in [3.63, 3.8) is 0 Å². The highest BCUT2D eigenvalue weighted by molar-refractivity contribution is 9.10. The predicted molar refractivity (Wildman–Crippen MR) is 83.6 cm³/mol. The van der Waals surface area contributed by atoms with E-state index in [1.54, 1.807) is 6.07 Å². The first-order chi connectivity index (χ1) is 9.95. The van der Waals surface area contributed by atoms with Crippen LogP contribution in [-0.4, -0.2) is 18.4 Å². The van der Waals surface area contributed by atoms with Crippen LogP contribution in [-0.2, 0) is 4.79 Å². The molecule has 1 aromatic heterocycles. The van der Waals surface area contributed by atoms with Gasteiger partial charge in [-0.1, -0.05) is 15.9 Å². The van der Waals surface area contributed by atoms with E-state index in [9.17, 15) is 9.59 Å². The molecule has 0 aliphatic carbocycles. The van der Waals surface area contributed by atoms with E-state index < -0.39 is 5.91 Å². The number of carbonyl (C=O) groups excluding carboxylic acids is 2. The van der Waals surface area contributed by atoms with Gasteiger partial charge in [-0.3, -0.25) is 9.59 Å². The van der Waals surface area contributed by atoms with Gasteiger partial charge in [0, 0.05) is 10.2 Å². The van der Waals surface area contributed by atoms with Gasteiger partial charge in [0.25, 0.3) is 5.91 Å².